The molecule has 3 aromatic heterocycles. The highest BCUT2D eigenvalue weighted by Crippen LogP contribution is 2.38. The van der Waals surface area contributed by atoms with Crippen LogP contribution in [0.25, 0.3) is 27.7 Å². The summed E-state index contributed by atoms with van der Waals surface area (Å²) in [5.74, 6) is -1.06. The number of pyridine rings is 1. The van der Waals surface area contributed by atoms with E-state index < -0.39 is 29.0 Å². The van der Waals surface area contributed by atoms with Gasteiger partial charge >= 0.3 is 12.0 Å². The van der Waals surface area contributed by atoms with Gasteiger partial charge in [0.2, 0.25) is 0 Å². The zero-order valence-electron chi connectivity index (χ0n) is 19.0. The van der Waals surface area contributed by atoms with Gasteiger partial charge in [-0.05, 0) is 55.5 Å². The topological polar surface area (TPSA) is 99.5 Å². The highest BCUT2D eigenvalue weighted by atomic mass is 35.5. The van der Waals surface area contributed by atoms with Gasteiger partial charge in [0.25, 0.3) is 5.56 Å². The molecule has 2 aromatic carbocycles. The van der Waals surface area contributed by atoms with Gasteiger partial charge in [0.1, 0.15) is 21.7 Å². The molecule has 0 aliphatic heterocycles. The molecule has 37 heavy (non-hydrogen) atoms. The largest absolute Gasteiger partial charge is 0.573 e. The van der Waals surface area contributed by atoms with Crippen LogP contribution in [0, 0.1) is 6.92 Å². The fourth-order valence-corrected chi connectivity index (χ4v) is 4.96. The third-order valence-corrected chi connectivity index (χ3v) is 6.79. The SMILES string of the molecule is Cc1nn(C)c2c1c1oc(=O)c(Sc3ccc(Cl)cc3)c(O)c1c(=O)n2-c1ccc(OC(F)(F)F)cc1. The van der Waals surface area contributed by atoms with Crippen molar-refractivity contribution >= 4 is 45.4 Å². The summed E-state index contributed by atoms with van der Waals surface area (Å²) in [6.45, 7) is 1.63. The van der Waals surface area contributed by atoms with E-state index in [0.29, 0.717) is 15.6 Å². The first kappa shape index (κ1) is 24.8. The molecule has 0 bridgehead atoms. The Morgan fingerprint density at radius 2 is 1.70 bits per heavy atom. The van der Waals surface area contributed by atoms with Crippen LogP contribution in [-0.2, 0) is 7.05 Å². The summed E-state index contributed by atoms with van der Waals surface area (Å²) < 4.78 is 49.8. The van der Waals surface area contributed by atoms with Gasteiger partial charge in [-0.1, -0.05) is 23.4 Å². The van der Waals surface area contributed by atoms with Crippen molar-refractivity contribution in [3.63, 3.8) is 0 Å². The molecule has 0 fully saturated rings. The smallest absolute Gasteiger partial charge is 0.505 e. The van der Waals surface area contributed by atoms with E-state index in [-0.39, 0.29) is 32.6 Å². The number of aromatic hydroxyl groups is 1. The molecule has 0 unspecified atom stereocenters. The maximum Gasteiger partial charge on any atom is 0.573 e. The summed E-state index contributed by atoms with van der Waals surface area (Å²) in [5, 5.41) is 15.9. The summed E-state index contributed by atoms with van der Waals surface area (Å²) in [6.07, 6.45) is -4.88. The molecule has 1 N–H and O–H groups in total. The molecule has 0 aliphatic rings. The molecule has 0 saturated carbocycles. The number of fused-ring (bicyclic) bond motifs is 3. The Kier molecular flexibility index (Phi) is 5.95. The molecular weight excluding hydrogens is 535 g/mol. The van der Waals surface area contributed by atoms with Crippen LogP contribution in [-0.4, -0.2) is 25.8 Å². The molecule has 0 spiro atoms. The molecule has 3 heterocycles. The lowest BCUT2D eigenvalue weighted by Gasteiger charge is -2.14. The van der Waals surface area contributed by atoms with Crippen LogP contribution in [0.4, 0.5) is 13.2 Å². The van der Waals surface area contributed by atoms with Gasteiger partial charge in [-0.2, -0.15) is 5.10 Å². The van der Waals surface area contributed by atoms with Crippen LogP contribution in [0.1, 0.15) is 5.69 Å². The zero-order chi connectivity index (χ0) is 26.6. The molecule has 190 valence electrons. The lowest BCUT2D eigenvalue weighted by molar-refractivity contribution is -0.274. The predicted molar refractivity (Wildman–Crippen MR) is 131 cm³/mol. The third-order valence-electron chi connectivity index (χ3n) is 5.47. The molecule has 0 amide bonds. The third kappa shape index (κ3) is 4.42. The Bertz CT molecular complexity index is 1790. The summed E-state index contributed by atoms with van der Waals surface area (Å²) >= 11 is 6.80. The fraction of sp³-hybridized carbons (Fsp3) is 0.125. The van der Waals surface area contributed by atoms with Crippen molar-refractivity contribution < 1.29 is 27.4 Å². The Labute approximate surface area is 214 Å². The molecule has 5 aromatic rings. The highest BCUT2D eigenvalue weighted by Gasteiger charge is 2.31. The number of aryl methyl sites for hydroxylation is 2. The van der Waals surface area contributed by atoms with Crippen LogP contribution < -0.4 is 15.9 Å². The van der Waals surface area contributed by atoms with Gasteiger partial charge < -0.3 is 14.3 Å². The second-order valence-corrected chi connectivity index (χ2v) is 9.44. The van der Waals surface area contributed by atoms with Crippen molar-refractivity contribution in [1.29, 1.82) is 0 Å². The second kappa shape index (κ2) is 8.89. The molecular formula is C24H15ClF3N3O5S. The van der Waals surface area contributed by atoms with Crippen LogP contribution >= 0.6 is 23.4 Å². The van der Waals surface area contributed by atoms with Crippen LogP contribution in [0.5, 0.6) is 11.5 Å². The Balaban J connectivity index is 1.78. The van der Waals surface area contributed by atoms with Crippen molar-refractivity contribution in [3.8, 4) is 17.2 Å². The summed E-state index contributed by atoms with van der Waals surface area (Å²) in [4.78, 5) is 27.0. The van der Waals surface area contributed by atoms with Crippen molar-refractivity contribution in [1.82, 2.24) is 14.3 Å². The number of rotatable bonds is 4. The summed E-state index contributed by atoms with van der Waals surface area (Å²) in [5.41, 5.74) is -1.00. The number of alkyl halides is 3. The number of aromatic nitrogens is 3. The van der Waals surface area contributed by atoms with E-state index >= 15 is 0 Å². The molecule has 5 rings (SSSR count). The first-order valence-electron chi connectivity index (χ1n) is 10.5. The maximum absolute atomic E-state index is 13.8. The minimum atomic E-state index is -4.88. The lowest BCUT2D eigenvalue weighted by Crippen LogP contribution is -2.22. The average Bonchev–Trinajstić information content (AvgIpc) is 3.11. The van der Waals surface area contributed by atoms with E-state index in [0.717, 1.165) is 23.9 Å². The Morgan fingerprint density at radius 3 is 2.32 bits per heavy atom. The monoisotopic (exact) mass is 549 g/mol. The quantitative estimate of drug-likeness (QED) is 0.314. The van der Waals surface area contributed by atoms with Gasteiger partial charge in [0.15, 0.2) is 11.3 Å². The van der Waals surface area contributed by atoms with E-state index in [9.17, 15) is 27.9 Å². The number of halogens is 4. The molecule has 0 saturated heterocycles. The summed E-state index contributed by atoms with van der Waals surface area (Å²) in [6, 6.07) is 11.1. The highest BCUT2D eigenvalue weighted by molar-refractivity contribution is 7.99. The molecule has 8 nitrogen and oxygen atoms in total. The second-order valence-electron chi connectivity index (χ2n) is 7.92. The van der Waals surface area contributed by atoms with Crippen molar-refractivity contribution in [2.75, 3.05) is 0 Å². The van der Waals surface area contributed by atoms with E-state index in [1.807, 2.05) is 0 Å². The minimum Gasteiger partial charge on any atom is -0.505 e. The Morgan fingerprint density at radius 1 is 1.05 bits per heavy atom. The Hall–Kier alpha value is -3.90. The van der Waals surface area contributed by atoms with E-state index in [4.69, 9.17) is 16.0 Å². The lowest BCUT2D eigenvalue weighted by atomic mass is 10.1. The summed E-state index contributed by atoms with van der Waals surface area (Å²) in [7, 11) is 1.56. The molecule has 0 aliphatic carbocycles. The number of hydrogen-bond acceptors (Lipinski definition) is 7. The normalized spacial score (nSPS) is 11.9. The zero-order valence-corrected chi connectivity index (χ0v) is 20.5. The predicted octanol–water partition coefficient (Wildman–Crippen LogP) is 5.55. The van der Waals surface area contributed by atoms with Gasteiger partial charge in [-0.25, -0.2) is 4.79 Å². The number of ether oxygens (including phenoxy) is 1. The first-order valence-corrected chi connectivity index (χ1v) is 11.7. The first-order chi connectivity index (χ1) is 17.4. The number of benzene rings is 2. The van der Waals surface area contributed by atoms with E-state index in [1.54, 1.807) is 38.2 Å². The van der Waals surface area contributed by atoms with Crippen LogP contribution in [0.3, 0.4) is 0 Å². The fourth-order valence-electron chi connectivity index (χ4n) is 4.01. The number of hydrogen-bond donors (Lipinski definition) is 1. The number of nitrogens with zero attached hydrogens (tertiary/aromatic N) is 3. The van der Waals surface area contributed by atoms with Gasteiger partial charge in [-0.15, -0.1) is 13.2 Å². The minimum absolute atomic E-state index is 0.151. The van der Waals surface area contributed by atoms with Gasteiger partial charge in [-0.3, -0.25) is 14.0 Å². The van der Waals surface area contributed by atoms with Crippen molar-refractivity contribution in [3.05, 3.63) is 80.0 Å². The van der Waals surface area contributed by atoms with Crippen molar-refractivity contribution in [2.45, 2.75) is 23.1 Å². The van der Waals surface area contributed by atoms with E-state index in [2.05, 4.69) is 9.84 Å². The van der Waals surface area contributed by atoms with Crippen molar-refractivity contribution in [2.24, 2.45) is 7.05 Å². The van der Waals surface area contributed by atoms with Gasteiger partial charge in [0.05, 0.1) is 16.8 Å². The van der Waals surface area contributed by atoms with E-state index in [1.165, 1.54) is 21.4 Å². The molecule has 0 atom stereocenters. The standard InChI is InChI=1S/C24H15ClF3N3O5S/c1-11-16-19-17(18(32)20(23(34)35-19)37-15-9-3-12(25)4-10-15)22(33)31(21(16)30(2)29-11)13-5-7-14(8-6-13)36-24(26,27)28/h3-10,32H,1-2H3. The van der Waals surface area contributed by atoms with Crippen LogP contribution in [0.15, 0.2) is 72.3 Å². The molecule has 13 heteroatoms. The van der Waals surface area contributed by atoms with Crippen LogP contribution in [0.2, 0.25) is 5.02 Å². The van der Waals surface area contributed by atoms with Gasteiger partial charge in [0, 0.05) is 17.0 Å². The molecule has 0 radical (unpaired) electrons. The average molecular weight is 550 g/mol. The maximum atomic E-state index is 13.8.